The van der Waals surface area contributed by atoms with Gasteiger partial charge in [-0.25, -0.2) is 13.1 Å². The summed E-state index contributed by atoms with van der Waals surface area (Å²) in [5, 5.41) is 9.39. The van der Waals surface area contributed by atoms with Crippen LogP contribution in [0.4, 0.5) is 0 Å². The normalized spacial score (nSPS) is 25.3. The van der Waals surface area contributed by atoms with Gasteiger partial charge >= 0.3 is 0 Å². The van der Waals surface area contributed by atoms with Crippen LogP contribution in [-0.4, -0.2) is 25.7 Å². The van der Waals surface area contributed by atoms with Gasteiger partial charge in [0.05, 0.1) is 10.4 Å². The molecule has 1 saturated carbocycles. The summed E-state index contributed by atoms with van der Waals surface area (Å²) in [7, 11) is -3.48. The van der Waals surface area contributed by atoms with Crippen molar-refractivity contribution in [2.75, 3.05) is 0 Å². The molecule has 7 heteroatoms. The highest BCUT2D eigenvalue weighted by molar-refractivity contribution is 7.91. The summed E-state index contributed by atoms with van der Waals surface area (Å²) in [4.78, 5) is 0. The van der Waals surface area contributed by atoms with Gasteiger partial charge in [-0.15, -0.1) is 11.3 Å². The van der Waals surface area contributed by atoms with Crippen LogP contribution in [0.1, 0.15) is 31.2 Å². The molecule has 2 rings (SSSR count). The molecular weight excluding hydrogens is 294 g/mol. The Labute approximate surface area is 116 Å². The molecule has 0 saturated heterocycles. The summed E-state index contributed by atoms with van der Waals surface area (Å²) in [6.45, 7) is 1.79. The monoisotopic (exact) mass is 309 g/mol. The molecule has 4 nitrogen and oxygen atoms in total. The van der Waals surface area contributed by atoms with Gasteiger partial charge in [0.25, 0.3) is 0 Å². The molecule has 0 amide bonds. The van der Waals surface area contributed by atoms with Crippen LogP contribution >= 0.6 is 22.9 Å². The molecule has 2 N–H and O–H groups in total. The predicted octanol–water partition coefficient (Wildman–Crippen LogP) is 2.29. The summed E-state index contributed by atoms with van der Waals surface area (Å²) in [6, 6.07) is 1.51. The highest BCUT2D eigenvalue weighted by atomic mass is 35.5. The fourth-order valence-corrected chi connectivity index (χ4v) is 5.06. The third kappa shape index (κ3) is 3.24. The third-order valence-corrected chi connectivity index (χ3v) is 6.67. The standard InChI is InChI=1S/C11H16ClNO3S2/c1-7-6-10(17-11(7)12)18(15,16)13-8-2-4-9(14)5-3-8/h6,8-9,13-14H,2-5H2,1H3. The topological polar surface area (TPSA) is 66.4 Å². The van der Waals surface area contributed by atoms with Crippen molar-refractivity contribution in [2.45, 2.75) is 49.0 Å². The van der Waals surface area contributed by atoms with Gasteiger partial charge in [0, 0.05) is 6.04 Å². The second-order valence-corrected chi connectivity index (χ2v) is 8.24. The zero-order valence-corrected chi connectivity index (χ0v) is 12.4. The lowest BCUT2D eigenvalue weighted by atomic mass is 9.94. The summed E-state index contributed by atoms with van der Waals surface area (Å²) >= 11 is 6.97. The molecule has 0 bridgehead atoms. The number of hydrogen-bond acceptors (Lipinski definition) is 4. The highest BCUT2D eigenvalue weighted by Crippen LogP contribution is 2.30. The van der Waals surface area contributed by atoms with Crippen LogP contribution in [0.25, 0.3) is 0 Å². The van der Waals surface area contributed by atoms with E-state index in [9.17, 15) is 13.5 Å². The maximum atomic E-state index is 12.1. The molecule has 1 heterocycles. The number of sulfonamides is 1. The molecule has 0 spiro atoms. The van der Waals surface area contributed by atoms with E-state index in [1.807, 2.05) is 0 Å². The molecule has 1 aliphatic carbocycles. The molecule has 0 aromatic carbocycles. The number of hydrogen-bond donors (Lipinski definition) is 2. The van der Waals surface area contributed by atoms with Crippen molar-refractivity contribution in [3.63, 3.8) is 0 Å². The Bertz CT molecular complexity index is 499. The fourth-order valence-electron chi connectivity index (χ4n) is 2.04. The van der Waals surface area contributed by atoms with Crippen molar-refractivity contribution in [2.24, 2.45) is 0 Å². The number of halogens is 1. The van der Waals surface area contributed by atoms with E-state index in [0.717, 1.165) is 16.9 Å². The number of nitrogens with one attached hydrogen (secondary N) is 1. The first-order valence-electron chi connectivity index (χ1n) is 5.85. The van der Waals surface area contributed by atoms with E-state index in [2.05, 4.69) is 4.72 Å². The van der Waals surface area contributed by atoms with Gasteiger partial charge in [0.1, 0.15) is 4.21 Å². The van der Waals surface area contributed by atoms with Crippen LogP contribution in [0.2, 0.25) is 4.34 Å². The first-order chi connectivity index (χ1) is 8.38. The predicted molar refractivity (Wildman–Crippen MR) is 72.7 cm³/mol. The van der Waals surface area contributed by atoms with Gasteiger partial charge in [-0.1, -0.05) is 11.6 Å². The number of aryl methyl sites for hydroxylation is 1. The Morgan fingerprint density at radius 1 is 1.39 bits per heavy atom. The number of rotatable bonds is 3. The van der Waals surface area contributed by atoms with E-state index < -0.39 is 10.0 Å². The van der Waals surface area contributed by atoms with Crippen molar-refractivity contribution in [1.29, 1.82) is 0 Å². The second kappa shape index (κ2) is 5.46. The van der Waals surface area contributed by atoms with Crippen molar-refractivity contribution in [3.8, 4) is 0 Å². The van der Waals surface area contributed by atoms with Gasteiger partial charge in [-0.3, -0.25) is 0 Å². The molecule has 0 aliphatic heterocycles. The van der Waals surface area contributed by atoms with Crippen LogP contribution in [-0.2, 0) is 10.0 Å². The number of thiophene rings is 1. The number of aliphatic hydroxyl groups excluding tert-OH is 1. The van der Waals surface area contributed by atoms with Crippen molar-refractivity contribution in [3.05, 3.63) is 16.0 Å². The van der Waals surface area contributed by atoms with Gasteiger partial charge in [-0.2, -0.15) is 0 Å². The first kappa shape index (κ1) is 14.3. The third-order valence-electron chi connectivity index (χ3n) is 3.12. The van der Waals surface area contributed by atoms with E-state index in [1.165, 1.54) is 0 Å². The lowest BCUT2D eigenvalue weighted by Crippen LogP contribution is -2.38. The largest absolute Gasteiger partial charge is 0.393 e. The van der Waals surface area contributed by atoms with E-state index in [-0.39, 0.29) is 16.4 Å². The maximum Gasteiger partial charge on any atom is 0.250 e. The molecule has 102 valence electrons. The molecule has 1 fully saturated rings. The Kier molecular flexibility index (Phi) is 4.33. The molecule has 1 aromatic heterocycles. The van der Waals surface area contributed by atoms with Gasteiger partial charge in [0.15, 0.2) is 0 Å². The molecule has 0 unspecified atom stereocenters. The van der Waals surface area contributed by atoms with E-state index in [1.54, 1.807) is 13.0 Å². The summed E-state index contributed by atoms with van der Waals surface area (Å²) in [5.41, 5.74) is 0.779. The minimum atomic E-state index is -3.48. The van der Waals surface area contributed by atoms with E-state index in [4.69, 9.17) is 11.6 Å². The molecule has 0 atom stereocenters. The molecule has 1 aromatic rings. The zero-order chi connectivity index (χ0) is 13.3. The first-order valence-corrected chi connectivity index (χ1v) is 8.52. The SMILES string of the molecule is Cc1cc(S(=O)(=O)NC2CCC(O)CC2)sc1Cl. The van der Waals surface area contributed by atoms with Crippen molar-refractivity contribution >= 4 is 33.0 Å². The Balaban J connectivity index is 2.08. The van der Waals surface area contributed by atoms with E-state index in [0.29, 0.717) is 30.0 Å². The zero-order valence-electron chi connectivity index (χ0n) is 10.0. The molecule has 1 aliphatic rings. The Hall–Kier alpha value is -0.140. The molecule has 18 heavy (non-hydrogen) atoms. The molecular formula is C11H16ClNO3S2. The quantitative estimate of drug-likeness (QED) is 0.900. The molecule has 0 radical (unpaired) electrons. The average Bonchev–Trinajstić information content (AvgIpc) is 2.63. The van der Waals surface area contributed by atoms with Gasteiger partial charge in [0.2, 0.25) is 10.0 Å². The minimum Gasteiger partial charge on any atom is -0.393 e. The summed E-state index contributed by atoms with van der Waals surface area (Å²) in [5.74, 6) is 0. The Morgan fingerprint density at radius 3 is 2.50 bits per heavy atom. The van der Waals surface area contributed by atoms with Crippen LogP contribution in [0, 0.1) is 6.92 Å². The highest BCUT2D eigenvalue weighted by Gasteiger charge is 2.26. The Morgan fingerprint density at radius 2 is 2.00 bits per heavy atom. The fraction of sp³-hybridized carbons (Fsp3) is 0.636. The second-order valence-electron chi connectivity index (χ2n) is 4.65. The average molecular weight is 310 g/mol. The summed E-state index contributed by atoms with van der Waals surface area (Å²) < 4.78 is 27.7. The smallest absolute Gasteiger partial charge is 0.250 e. The van der Waals surface area contributed by atoms with Gasteiger partial charge in [-0.05, 0) is 44.2 Å². The van der Waals surface area contributed by atoms with Crippen LogP contribution in [0.3, 0.4) is 0 Å². The van der Waals surface area contributed by atoms with Gasteiger partial charge < -0.3 is 5.11 Å². The van der Waals surface area contributed by atoms with Crippen LogP contribution < -0.4 is 4.72 Å². The maximum absolute atomic E-state index is 12.1. The van der Waals surface area contributed by atoms with Crippen molar-refractivity contribution < 1.29 is 13.5 Å². The van der Waals surface area contributed by atoms with Crippen molar-refractivity contribution in [1.82, 2.24) is 4.72 Å². The lowest BCUT2D eigenvalue weighted by Gasteiger charge is -2.25. The van der Waals surface area contributed by atoms with E-state index >= 15 is 0 Å². The summed E-state index contributed by atoms with van der Waals surface area (Å²) in [6.07, 6.45) is 2.37. The number of aliphatic hydroxyl groups is 1. The lowest BCUT2D eigenvalue weighted by molar-refractivity contribution is 0.120. The minimum absolute atomic E-state index is 0.0837. The van der Waals surface area contributed by atoms with Crippen LogP contribution in [0.15, 0.2) is 10.3 Å². The van der Waals surface area contributed by atoms with Crippen LogP contribution in [0.5, 0.6) is 0 Å².